The van der Waals surface area contributed by atoms with Crippen LogP contribution in [0.4, 0.5) is 5.69 Å². The summed E-state index contributed by atoms with van der Waals surface area (Å²) in [5.41, 5.74) is 13.2. The number of piperidine rings is 1. The van der Waals surface area contributed by atoms with Gasteiger partial charge in [0.1, 0.15) is 6.04 Å². The zero-order valence-electron chi connectivity index (χ0n) is 45.5. The Hall–Kier alpha value is -5.18. The van der Waals surface area contributed by atoms with E-state index >= 15 is 0 Å². The van der Waals surface area contributed by atoms with Crippen LogP contribution in [0.2, 0.25) is 0 Å². The number of nitrogens with zero attached hydrogens (tertiary/aromatic N) is 3. The van der Waals surface area contributed by atoms with Crippen LogP contribution in [0.15, 0.2) is 24.3 Å². The zero-order chi connectivity index (χ0) is 54.4. The molecule has 2 aliphatic rings. The van der Waals surface area contributed by atoms with Crippen molar-refractivity contribution in [1.29, 1.82) is 0 Å². The molecule has 0 aromatic heterocycles. The summed E-state index contributed by atoms with van der Waals surface area (Å²) >= 11 is 0. The molecule has 2 aliphatic heterocycles. The Balaban J connectivity index is 1.47. The first kappa shape index (κ1) is 62.1. The second kappa shape index (κ2) is 31.5. The Morgan fingerprint density at radius 1 is 0.808 bits per heavy atom. The third kappa shape index (κ3) is 19.2. The van der Waals surface area contributed by atoms with E-state index in [0.717, 1.165) is 37.7 Å². The van der Waals surface area contributed by atoms with E-state index in [1.54, 1.807) is 61.8 Å². The number of carbonyl (C=O) groups is 8. The van der Waals surface area contributed by atoms with Gasteiger partial charge in [-0.15, -0.1) is 0 Å². The van der Waals surface area contributed by atoms with Crippen LogP contribution in [0.1, 0.15) is 125 Å². The van der Waals surface area contributed by atoms with Gasteiger partial charge in [0.25, 0.3) is 0 Å². The molecule has 3 rings (SSSR count). The highest BCUT2D eigenvalue weighted by Gasteiger charge is 2.42. The van der Waals surface area contributed by atoms with E-state index in [1.807, 2.05) is 32.9 Å². The second-order valence-corrected chi connectivity index (χ2v) is 20.5. The van der Waals surface area contributed by atoms with E-state index in [-0.39, 0.29) is 104 Å². The highest BCUT2D eigenvalue weighted by molar-refractivity contribution is 5.96. The highest BCUT2D eigenvalue weighted by atomic mass is 16.5. The van der Waals surface area contributed by atoms with Gasteiger partial charge in [0.2, 0.25) is 47.3 Å². The average Bonchev–Trinajstić information content (AvgIpc) is 3.87. The number of amides is 8. The van der Waals surface area contributed by atoms with Gasteiger partial charge in [-0.3, -0.25) is 38.4 Å². The molecule has 0 bridgehead atoms. The maximum absolute atomic E-state index is 14.0. The van der Waals surface area contributed by atoms with E-state index in [2.05, 4.69) is 33.5 Å². The number of likely N-dealkylation sites (N-methyl/N-ethyl adjacent to an activating group) is 1. The number of hydrogen-bond donors (Lipinski definition) is 7. The first-order valence-electron chi connectivity index (χ1n) is 26.6. The molecule has 8 amide bonds. The van der Waals surface area contributed by atoms with Crippen LogP contribution in [0.25, 0.3) is 0 Å². The summed E-state index contributed by atoms with van der Waals surface area (Å²) in [4.78, 5) is 110. The van der Waals surface area contributed by atoms with Crippen LogP contribution in [-0.4, -0.2) is 165 Å². The molecule has 0 saturated carbocycles. The maximum atomic E-state index is 14.0. The van der Waals surface area contributed by atoms with E-state index < -0.39 is 47.9 Å². The molecule has 1 aromatic rings. The lowest BCUT2D eigenvalue weighted by Crippen LogP contribution is -2.54. The molecular weight excluding hydrogens is 937 g/mol. The molecule has 0 spiro atoms. The monoisotopic (exact) mass is 1030 g/mol. The Morgan fingerprint density at radius 3 is 2.05 bits per heavy atom. The van der Waals surface area contributed by atoms with E-state index in [9.17, 15) is 38.4 Å². The Labute approximate surface area is 434 Å². The fourth-order valence-corrected chi connectivity index (χ4v) is 9.98. The highest BCUT2D eigenvalue weighted by Crippen LogP contribution is 2.29. The summed E-state index contributed by atoms with van der Waals surface area (Å²) in [5.74, 6) is -3.30. The molecule has 20 nitrogen and oxygen atoms in total. The van der Waals surface area contributed by atoms with Gasteiger partial charge in [0, 0.05) is 84.0 Å². The van der Waals surface area contributed by atoms with Crippen molar-refractivity contribution in [2.45, 2.75) is 168 Å². The van der Waals surface area contributed by atoms with Gasteiger partial charge in [0.05, 0.1) is 49.7 Å². The molecule has 73 heavy (non-hydrogen) atoms. The summed E-state index contributed by atoms with van der Waals surface area (Å²) < 4.78 is 11.8. The minimum Gasteiger partial charge on any atom is -0.379 e. The van der Waals surface area contributed by atoms with Crippen LogP contribution >= 0.6 is 0 Å². The summed E-state index contributed by atoms with van der Waals surface area (Å²) in [5, 5.41) is 14.2. The molecule has 2 saturated heterocycles. The number of nitrogens with two attached hydrogens (primary N) is 2. The van der Waals surface area contributed by atoms with Crippen molar-refractivity contribution in [1.82, 2.24) is 36.0 Å². The number of anilines is 1. The number of methoxy groups -OCH3 is 2. The molecule has 412 valence electrons. The van der Waals surface area contributed by atoms with Crippen molar-refractivity contribution in [3.8, 4) is 0 Å². The van der Waals surface area contributed by atoms with E-state index in [1.165, 1.54) is 7.11 Å². The lowest BCUT2D eigenvalue weighted by molar-refractivity contribution is -0.145. The standard InChI is InChI=1S/C53H90N10O10/c1-11-13-15-35(6)57-52(70)38-23-26-62(27-24-38)45(66)22-21-43(64)60-48(33(3)4)53(71)56-32-44(65)58-39-19-17-37(18-20-39)28-40(30-54)59-51(69)36(7)50(73-10)41-16-14-25-63(41)46(67)29-42(72-9)49(34(5)12-2)61(8)47(68)31-55/h17-20,33-36,38,40-42,48-50H,11-16,21-32,54-55H2,1-10H3,(H,56,71)(H,57,70)(H,58,65)(H,59,69)(H,60,64)/t34-,35?,36+,40-,41-,42+,48?,49?,50+/m0/s1. The second-order valence-electron chi connectivity index (χ2n) is 20.5. The number of ether oxygens (including phenoxy) is 2. The van der Waals surface area contributed by atoms with Gasteiger partial charge < -0.3 is 62.2 Å². The number of hydrogen-bond acceptors (Lipinski definition) is 12. The molecule has 2 fully saturated rings. The third-order valence-corrected chi connectivity index (χ3v) is 14.7. The lowest BCUT2D eigenvalue weighted by atomic mass is 9.90. The topological polar surface area (TPSA) is 277 Å². The van der Waals surface area contributed by atoms with Gasteiger partial charge in [-0.05, 0) is 75.0 Å². The van der Waals surface area contributed by atoms with Gasteiger partial charge in [-0.2, -0.15) is 0 Å². The molecule has 9 N–H and O–H groups in total. The number of benzene rings is 1. The maximum Gasteiger partial charge on any atom is 0.243 e. The molecule has 0 radical (unpaired) electrons. The van der Waals surface area contributed by atoms with Crippen LogP contribution in [0.3, 0.4) is 0 Å². The molecule has 2 heterocycles. The van der Waals surface area contributed by atoms with Crippen molar-refractivity contribution in [2.24, 2.45) is 35.1 Å². The van der Waals surface area contributed by atoms with Crippen LogP contribution in [0.5, 0.6) is 0 Å². The first-order valence-corrected chi connectivity index (χ1v) is 26.6. The van der Waals surface area contributed by atoms with Gasteiger partial charge in [0.15, 0.2) is 0 Å². The predicted molar refractivity (Wildman–Crippen MR) is 280 cm³/mol. The fraction of sp³-hybridized carbons (Fsp3) is 0.736. The Kier molecular flexibility index (Phi) is 26.8. The number of nitrogens with one attached hydrogen (secondary N) is 5. The minimum absolute atomic E-state index is 0.0256. The first-order chi connectivity index (χ1) is 34.7. The number of rotatable bonds is 30. The van der Waals surface area contributed by atoms with Crippen molar-refractivity contribution >= 4 is 52.9 Å². The molecule has 1 aromatic carbocycles. The van der Waals surface area contributed by atoms with Gasteiger partial charge in [-0.25, -0.2) is 0 Å². The van der Waals surface area contributed by atoms with Gasteiger partial charge in [-0.1, -0.05) is 72.9 Å². The van der Waals surface area contributed by atoms with Crippen molar-refractivity contribution in [2.75, 3.05) is 65.9 Å². The largest absolute Gasteiger partial charge is 0.379 e. The summed E-state index contributed by atoms with van der Waals surface area (Å²) in [6, 6.07) is 5.07. The predicted octanol–water partition coefficient (Wildman–Crippen LogP) is 2.46. The summed E-state index contributed by atoms with van der Waals surface area (Å²) in [6.45, 7) is 14.5. The van der Waals surface area contributed by atoms with E-state index in [0.29, 0.717) is 51.0 Å². The van der Waals surface area contributed by atoms with Crippen LogP contribution in [-0.2, 0) is 54.3 Å². The minimum atomic E-state index is -0.930. The van der Waals surface area contributed by atoms with Crippen molar-refractivity contribution in [3.05, 3.63) is 29.8 Å². The Morgan fingerprint density at radius 2 is 1.48 bits per heavy atom. The molecule has 3 unspecified atom stereocenters. The molecular formula is C53H90N10O10. The van der Waals surface area contributed by atoms with Crippen LogP contribution < -0.4 is 38.1 Å². The average molecular weight is 1030 g/mol. The zero-order valence-corrected chi connectivity index (χ0v) is 45.5. The smallest absolute Gasteiger partial charge is 0.243 e. The summed E-state index contributed by atoms with van der Waals surface area (Å²) in [6.07, 6.45) is 5.51. The SMILES string of the molecule is CCCCC(C)NC(=O)C1CCN(C(=O)CCC(=O)NC(C(=O)NCC(=O)Nc2ccc(C[C@@H](CN)NC(=O)[C@H](C)[C@@H](OC)[C@@H]3CCCN3C(=O)C[C@@H](OC)C([C@@H](C)CC)N(C)C(=O)CN)cc2)C(C)C)CC1. The van der Waals surface area contributed by atoms with E-state index in [4.69, 9.17) is 20.9 Å². The number of unbranched alkanes of at least 4 members (excludes halogenated alkanes) is 1. The van der Waals surface area contributed by atoms with Crippen LogP contribution in [0, 0.1) is 23.7 Å². The lowest BCUT2D eigenvalue weighted by Gasteiger charge is -2.39. The Bertz CT molecular complexity index is 1950. The van der Waals surface area contributed by atoms with Crippen molar-refractivity contribution in [3.63, 3.8) is 0 Å². The fourth-order valence-electron chi connectivity index (χ4n) is 9.98. The molecule has 20 heteroatoms. The van der Waals surface area contributed by atoms with Gasteiger partial charge >= 0.3 is 0 Å². The molecule has 9 atom stereocenters. The van der Waals surface area contributed by atoms with Crippen molar-refractivity contribution < 1.29 is 47.8 Å². The molecule has 0 aliphatic carbocycles. The summed E-state index contributed by atoms with van der Waals surface area (Å²) in [7, 11) is 4.77. The quantitative estimate of drug-likeness (QED) is 0.0586. The number of carbonyl (C=O) groups excluding carboxylic acids is 8. The number of likely N-dealkylation sites (tertiary alicyclic amines) is 2. The third-order valence-electron chi connectivity index (χ3n) is 14.7. The normalized spacial score (nSPS) is 18.3.